The van der Waals surface area contributed by atoms with Gasteiger partial charge in [0.25, 0.3) is 0 Å². The van der Waals surface area contributed by atoms with Crippen LogP contribution < -0.4 is 0 Å². The summed E-state index contributed by atoms with van der Waals surface area (Å²) >= 11 is 3.42. The molecule has 0 unspecified atom stereocenters. The molecule has 0 saturated carbocycles. The number of halogens is 1. The average molecular weight is 391 g/mol. The van der Waals surface area contributed by atoms with Crippen molar-refractivity contribution in [2.24, 2.45) is 5.41 Å². The van der Waals surface area contributed by atoms with Gasteiger partial charge in [-0.05, 0) is 12.8 Å². The highest BCUT2D eigenvalue weighted by molar-refractivity contribution is 9.09. The predicted molar refractivity (Wildman–Crippen MR) is 99.3 cm³/mol. The van der Waals surface area contributed by atoms with E-state index in [0.29, 0.717) is 46.2 Å². The van der Waals surface area contributed by atoms with Crippen LogP contribution in [0.5, 0.6) is 0 Å². The standard InChI is InChI=1S/C18H31BrO4/c1-4-10-20-14-18(15-21-11-5-2,16-22-12-6-3)17-23-13-8-7-9-19/h4-6H,1-3,7-17H2. The van der Waals surface area contributed by atoms with Crippen LogP contribution in [0.15, 0.2) is 38.0 Å². The molecule has 0 spiro atoms. The molecule has 0 rings (SSSR count). The van der Waals surface area contributed by atoms with Crippen molar-refractivity contribution in [3.8, 4) is 0 Å². The number of ether oxygens (including phenoxy) is 4. The molecule has 5 heteroatoms. The maximum atomic E-state index is 5.85. The first-order valence-electron chi connectivity index (χ1n) is 7.94. The van der Waals surface area contributed by atoms with Crippen molar-refractivity contribution in [1.29, 1.82) is 0 Å². The summed E-state index contributed by atoms with van der Waals surface area (Å²) in [4.78, 5) is 0. The smallest absolute Gasteiger partial charge is 0.0645 e. The Balaban J connectivity index is 4.60. The minimum Gasteiger partial charge on any atom is -0.381 e. The third kappa shape index (κ3) is 12.6. The fraction of sp³-hybridized carbons (Fsp3) is 0.667. The van der Waals surface area contributed by atoms with Gasteiger partial charge in [0.2, 0.25) is 0 Å². The van der Waals surface area contributed by atoms with Gasteiger partial charge in [-0.25, -0.2) is 0 Å². The molecule has 0 atom stereocenters. The topological polar surface area (TPSA) is 36.9 Å². The van der Waals surface area contributed by atoms with Gasteiger partial charge in [0.15, 0.2) is 0 Å². The van der Waals surface area contributed by atoms with E-state index >= 15 is 0 Å². The highest BCUT2D eigenvalue weighted by atomic mass is 79.9. The summed E-state index contributed by atoms with van der Waals surface area (Å²) in [5.41, 5.74) is -0.344. The first-order valence-corrected chi connectivity index (χ1v) is 9.06. The van der Waals surface area contributed by atoms with E-state index < -0.39 is 0 Å². The van der Waals surface area contributed by atoms with Crippen LogP contribution in [-0.4, -0.2) is 58.2 Å². The molecule has 0 aliphatic rings. The van der Waals surface area contributed by atoms with Crippen molar-refractivity contribution >= 4 is 15.9 Å². The second kappa shape index (κ2) is 16.4. The molecule has 0 aromatic heterocycles. The number of hydrogen-bond acceptors (Lipinski definition) is 4. The monoisotopic (exact) mass is 390 g/mol. The summed E-state index contributed by atoms with van der Waals surface area (Å²) < 4.78 is 22.9. The van der Waals surface area contributed by atoms with Gasteiger partial charge in [-0.1, -0.05) is 34.2 Å². The van der Waals surface area contributed by atoms with Crippen molar-refractivity contribution in [3.05, 3.63) is 38.0 Å². The van der Waals surface area contributed by atoms with Gasteiger partial charge >= 0.3 is 0 Å². The van der Waals surface area contributed by atoms with Crippen LogP contribution in [0.4, 0.5) is 0 Å². The largest absolute Gasteiger partial charge is 0.381 e. The molecule has 0 aliphatic carbocycles. The molecule has 0 amide bonds. The first-order chi connectivity index (χ1) is 11.2. The Kier molecular flexibility index (Phi) is 16.1. The molecular weight excluding hydrogens is 360 g/mol. The Morgan fingerprint density at radius 1 is 0.696 bits per heavy atom. The minimum atomic E-state index is -0.344. The van der Waals surface area contributed by atoms with Gasteiger partial charge in [0, 0.05) is 11.9 Å². The molecule has 134 valence electrons. The van der Waals surface area contributed by atoms with Crippen LogP contribution in [-0.2, 0) is 18.9 Å². The lowest BCUT2D eigenvalue weighted by molar-refractivity contribution is -0.0977. The summed E-state index contributed by atoms with van der Waals surface area (Å²) in [6, 6.07) is 0. The maximum absolute atomic E-state index is 5.85. The Morgan fingerprint density at radius 2 is 1.13 bits per heavy atom. The van der Waals surface area contributed by atoms with Crippen LogP contribution in [0.1, 0.15) is 12.8 Å². The van der Waals surface area contributed by atoms with Gasteiger partial charge in [0.05, 0.1) is 51.7 Å². The molecule has 4 nitrogen and oxygen atoms in total. The number of alkyl halides is 1. The SMILES string of the molecule is C=CCOCC(COCC=C)(COCC=C)COCCCCBr. The van der Waals surface area contributed by atoms with E-state index in [1.165, 1.54) is 0 Å². The zero-order valence-corrected chi connectivity index (χ0v) is 15.7. The highest BCUT2D eigenvalue weighted by Crippen LogP contribution is 2.21. The second-order valence-electron chi connectivity index (χ2n) is 5.36. The fourth-order valence-electron chi connectivity index (χ4n) is 1.91. The van der Waals surface area contributed by atoms with Gasteiger partial charge in [-0.2, -0.15) is 0 Å². The summed E-state index contributed by atoms with van der Waals surface area (Å²) in [6.45, 7) is 15.2. The zero-order chi connectivity index (χ0) is 17.2. The van der Waals surface area contributed by atoms with Crippen LogP contribution in [0.2, 0.25) is 0 Å². The summed E-state index contributed by atoms with van der Waals surface area (Å²) in [7, 11) is 0. The van der Waals surface area contributed by atoms with Crippen LogP contribution in [0.25, 0.3) is 0 Å². The number of rotatable bonds is 18. The quantitative estimate of drug-likeness (QED) is 0.203. The molecular formula is C18H31BrO4. The Morgan fingerprint density at radius 3 is 1.52 bits per heavy atom. The minimum absolute atomic E-state index is 0.344. The van der Waals surface area contributed by atoms with Gasteiger partial charge < -0.3 is 18.9 Å². The van der Waals surface area contributed by atoms with E-state index in [4.69, 9.17) is 18.9 Å². The van der Waals surface area contributed by atoms with Crippen LogP contribution in [0, 0.1) is 5.41 Å². The molecule has 0 saturated heterocycles. The maximum Gasteiger partial charge on any atom is 0.0645 e. The molecule has 0 heterocycles. The molecule has 0 aromatic carbocycles. The van der Waals surface area contributed by atoms with Crippen LogP contribution >= 0.6 is 15.9 Å². The van der Waals surface area contributed by atoms with Crippen molar-refractivity contribution in [2.45, 2.75) is 12.8 Å². The summed E-state index contributed by atoms with van der Waals surface area (Å²) in [5, 5.41) is 0.995. The van der Waals surface area contributed by atoms with Crippen molar-refractivity contribution in [2.75, 3.05) is 58.2 Å². The lowest BCUT2D eigenvalue weighted by Gasteiger charge is -2.32. The lowest BCUT2D eigenvalue weighted by atomic mass is 9.92. The van der Waals surface area contributed by atoms with Crippen LogP contribution in [0.3, 0.4) is 0 Å². The molecule has 0 aliphatic heterocycles. The van der Waals surface area contributed by atoms with E-state index in [-0.39, 0.29) is 5.41 Å². The second-order valence-corrected chi connectivity index (χ2v) is 6.15. The summed E-state index contributed by atoms with van der Waals surface area (Å²) in [5.74, 6) is 0. The Labute approximate surface area is 149 Å². The molecule has 0 N–H and O–H groups in total. The third-order valence-corrected chi connectivity index (χ3v) is 3.57. The molecule has 23 heavy (non-hydrogen) atoms. The van der Waals surface area contributed by atoms with E-state index in [0.717, 1.165) is 24.8 Å². The van der Waals surface area contributed by atoms with Gasteiger partial charge in [0.1, 0.15) is 0 Å². The van der Waals surface area contributed by atoms with Crippen molar-refractivity contribution in [1.82, 2.24) is 0 Å². The zero-order valence-electron chi connectivity index (χ0n) is 14.1. The van der Waals surface area contributed by atoms with E-state index in [2.05, 4.69) is 35.7 Å². The van der Waals surface area contributed by atoms with Gasteiger partial charge in [-0.15, -0.1) is 19.7 Å². The van der Waals surface area contributed by atoms with E-state index in [1.807, 2.05) is 0 Å². The normalized spacial score (nSPS) is 11.3. The van der Waals surface area contributed by atoms with E-state index in [1.54, 1.807) is 18.2 Å². The lowest BCUT2D eigenvalue weighted by Crippen LogP contribution is -2.42. The number of hydrogen-bond donors (Lipinski definition) is 0. The van der Waals surface area contributed by atoms with Gasteiger partial charge in [-0.3, -0.25) is 0 Å². The van der Waals surface area contributed by atoms with Crippen molar-refractivity contribution in [3.63, 3.8) is 0 Å². The van der Waals surface area contributed by atoms with Crippen molar-refractivity contribution < 1.29 is 18.9 Å². The third-order valence-electron chi connectivity index (χ3n) is 3.01. The predicted octanol–water partition coefficient (Wildman–Crippen LogP) is 3.77. The molecule has 0 radical (unpaired) electrons. The van der Waals surface area contributed by atoms with E-state index in [9.17, 15) is 0 Å². The summed E-state index contributed by atoms with van der Waals surface area (Å²) in [6.07, 6.45) is 7.32. The molecule has 0 aromatic rings. The average Bonchev–Trinajstić information content (AvgIpc) is 2.55. The molecule has 0 bridgehead atoms. The highest BCUT2D eigenvalue weighted by Gasteiger charge is 2.32. The Hall–Kier alpha value is -0.460. The Bertz CT molecular complexity index is 271. The molecule has 0 fully saturated rings. The number of unbranched alkanes of at least 4 members (excludes halogenated alkanes) is 1. The first kappa shape index (κ1) is 22.5. The fourth-order valence-corrected chi connectivity index (χ4v) is 2.31.